The van der Waals surface area contributed by atoms with E-state index in [1.54, 1.807) is 0 Å². The number of hydrogen-bond acceptors (Lipinski definition) is 0. The monoisotopic (exact) mass is 271 g/mol. The lowest BCUT2D eigenvalue weighted by atomic mass is 9.82. The van der Waals surface area contributed by atoms with Gasteiger partial charge in [0.25, 0.3) is 0 Å². The van der Waals surface area contributed by atoms with Crippen molar-refractivity contribution in [3.63, 3.8) is 0 Å². The number of hydrogen-bond donors (Lipinski definition) is 0. The molecule has 16 heavy (non-hydrogen) atoms. The first-order valence-corrected chi connectivity index (χ1v) is 6.21. The standard InChI is InChI=1S/C15H12Br/c1-15(2)13-6-4-3-5-11(13)12-8-7-10(16)9-14(12)15/h3,5-9H,1-2H3. The van der Waals surface area contributed by atoms with Gasteiger partial charge in [0.15, 0.2) is 0 Å². The molecule has 0 N–H and O–H groups in total. The molecular weight excluding hydrogens is 260 g/mol. The Balaban J connectivity index is 2.39. The first kappa shape index (κ1) is 10.1. The zero-order valence-corrected chi connectivity index (χ0v) is 10.9. The molecular formula is C15H12Br. The van der Waals surface area contributed by atoms with E-state index in [0.29, 0.717) is 0 Å². The zero-order valence-electron chi connectivity index (χ0n) is 9.34. The molecule has 1 aliphatic rings. The van der Waals surface area contributed by atoms with Crippen LogP contribution in [0, 0.1) is 6.07 Å². The lowest BCUT2D eigenvalue weighted by Gasteiger charge is -2.21. The zero-order chi connectivity index (χ0) is 11.3. The van der Waals surface area contributed by atoms with Crippen LogP contribution in [0.3, 0.4) is 0 Å². The average Bonchev–Trinajstić information content (AvgIpc) is 2.49. The molecule has 0 saturated carbocycles. The summed E-state index contributed by atoms with van der Waals surface area (Å²) in [5.74, 6) is 0. The Kier molecular flexibility index (Phi) is 2.02. The summed E-state index contributed by atoms with van der Waals surface area (Å²) in [5, 5.41) is 0. The first-order valence-electron chi connectivity index (χ1n) is 5.42. The Bertz CT molecular complexity index is 567. The Morgan fingerprint density at radius 2 is 1.81 bits per heavy atom. The normalized spacial score (nSPS) is 15.7. The molecule has 0 saturated heterocycles. The number of benzene rings is 2. The van der Waals surface area contributed by atoms with Crippen molar-refractivity contribution in [1.29, 1.82) is 0 Å². The Morgan fingerprint density at radius 3 is 2.62 bits per heavy atom. The molecule has 0 nitrogen and oxygen atoms in total. The van der Waals surface area contributed by atoms with Gasteiger partial charge in [-0.25, -0.2) is 0 Å². The highest BCUT2D eigenvalue weighted by Gasteiger charge is 2.34. The summed E-state index contributed by atoms with van der Waals surface area (Å²) in [7, 11) is 0. The van der Waals surface area contributed by atoms with Crippen molar-refractivity contribution in [3.8, 4) is 11.1 Å². The van der Waals surface area contributed by atoms with Gasteiger partial charge < -0.3 is 0 Å². The molecule has 0 aliphatic heterocycles. The third-order valence-corrected chi connectivity index (χ3v) is 3.98. The summed E-state index contributed by atoms with van der Waals surface area (Å²) < 4.78 is 1.15. The van der Waals surface area contributed by atoms with Crippen LogP contribution in [0.5, 0.6) is 0 Å². The van der Waals surface area contributed by atoms with Crippen LogP contribution < -0.4 is 0 Å². The minimum Gasteiger partial charge on any atom is -0.0537 e. The van der Waals surface area contributed by atoms with Crippen molar-refractivity contribution in [2.75, 3.05) is 0 Å². The highest BCUT2D eigenvalue weighted by atomic mass is 79.9. The van der Waals surface area contributed by atoms with Crippen molar-refractivity contribution in [2.24, 2.45) is 0 Å². The van der Waals surface area contributed by atoms with Gasteiger partial charge in [-0.2, -0.15) is 0 Å². The molecule has 0 amide bonds. The van der Waals surface area contributed by atoms with Crippen LogP contribution in [0.4, 0.5) is 0 Å². The van der Waals surface area contributed by atoms with Gasteiger partial charge in [0.05, 0.1) is 0 Å². The maximum atomic E-state index is 3.55. The highest BCUT2D eigenvalue weighted by molar-refractivity contribution is 9.10. The number of fused-ring (bicyclic) bond motifs is 3. The van der Waals surface area contributed by atoms with E-state index < -0.39 is 0 Å². The molecule has 0 fully saturated rings. The minimum atomic E-state index is 0.0895. The van der Waals surface area contributed by atoms with Gasteiger partial charge >= 0.3 is 0 Å². The van der Waals surface area contributed by atoms with Crippen molar-refractivity contribution in [1.82, 2.24) is 0 Å². The van der Waals surface area contributed by atoms with E-state index in [4.69, 9.17) is 0 Å². The maximum absolute atomic E-state index is 3.55. The summed E-state index contributed by atoms with van der Waals surface area (Å²) in [6.45, 7) is 4.55. The van der Waals surface area contributed by atoms with Gasteiger partial charge in [0.1, 0.15) is 0 Å². The largest absolute Gasteiger partial charge is 0.0537 e. The van der Waals surface area contributed by atoms with E-state index in [0.717, 1.165) is 4.47 Å². The summed E-state index contributed by atoms with van der Waals surface area (Å²) in [5.41, 5.74) is 5.58. The molecule has 1 aliphatic carbocycles. The second-order valence-corrected chi connectivity index (χ2v) is 5.70. The molecule has 2 aromatic rings. The van der Waals surface area contributed by atoms with Gasteiger partial charge in [-0.15, -0.1) is 0 Å². The molecule has 0 heterocycles. The minimum absolute atomic E-state index is 0.0895. The smallest absolute Gasteiger partial charge is 0.0178 e. The van der Waals surface area contributed by atoms with Crippen LogP contribution in [0.2, 0.25) is 0 Å². The van der Waals surface area contributed by atoms with Crippen molar-refractivity contribution in [3.05, 3.63) is 58.1 Å². The van der Waals surface area contributed by atoms with Crippen molar-refractivity contribution >= 4 is 15.9 Å². The van der Waals surface area contributed by atoms with Crippen LogP contribution >= 0.6 is 15.9 Å². The topological polar surface area (TPSA) is 0 Å². The first-order chi connectivity index (χ1) is 7.60. The third kappa shape index (κ3) is 1.21. The van der Waals surface area contributed by atoms with Crippen LogP contribution in [-0.4, -0.2) is 0 Å². The second-order valence-electron chi connectivity index (χ2n) is 4.79. The van der Waals surface area contributed by atoms with Crippen LogP contribution in [-0.2, 0) is 5.41 Å². The molecule has 3 rings (SSSR count). The van der Waals surface area contributed by atoms with Gasteiger partial charge in [0.2, 0.25) is 0 Å². The molecule has 0 atom stereocenters. The van der Waals surface area contributed by atoms with Gasteiger partial charge in [-0.3, -0.25) is 0 Å². The molecule has 0 aromatic heterocycles. The van der Waals surface area contributed by atoms with Gasteiger partial charge in [0, 0.05) is 9.89 Å². The van der Waals surface area contributed by atoms with E-state index in [2.05, 4.69) is 66.2 Å². The van der Waals surface area contributed by atoms with E-state index in [-0.39, 0.29) is 5.41 Å². The average molecular weight is 272 g/mol. The fraction of sp³-hybridized carbons (Fsp3) is 0.200. The van der Waals surface area contributed by atoms with Crippen LogP contribution in [0.25, 0.3) is 11.1 Å². The molecule has 79 valence electrons. The van der Waals surface area contributed by atoms with E-state index in [9.17, 15) is 0 Å². The summed E-state index contributed by atoms with van der Waals surface area (Å²) in [6.07, 6.45) is 0. The SMILES string of the molecule is CC1(C)c2c[c]ccc2-c2ccc(Br)cc21. The fourth-order valence-electron chi connectivity index (χ4n) is 2.60. The van der Waals surface area contributed by atoms with Gasteiger partial charge in [-0.1, -0.05) is 48.0 Å². The number of halogens is 1. The second kappa shape index (κ2) is 3.21. The Hall–Kier alpha value is -1.08. The Morgan fingerprint density at radius 1 is 1.06 bits per heavy atom. The molecule has 2 aromatic carbocycles. The summed E-state index contributed by atoms with van der Waals surface area (Å²) in [6, 6.07) is 16.0. The van der Waals surface area contributed by atoms with Crippen LogP contribution in [0.15, 0.2) is 40.9 Å². The fourth-order valence-corrected chi connectivity index (χ4v) is 2.96. The quantitative estimate of drug-likeness (QED) is 0.659. The van der Waals surface area contributed by atoms with E-state index >= 15 is 0 Å². The summed E-state index contributed by atoms with van der Waals surface area (Å²) in [4.78, 5) is 0. The van der Waals surface area contributed by atoms with Gasteiger partial charge in [-0.05, 0) is 46.5 Å². The summed E-state index contributed by atoms with van der Waals surface area (Å²) >= 11 is 3.55. The predicted molar refractivity (Wildman–Crippen MR) is 70.5 cm³/mol. The molecule has 0 spiro atoms. The molecule has 1 heteroatoms. The van der Waals surface area contributed by atoms with Crippen molar-refractivity contribution in [2.45, 2.75) is 19.3 Å². The van der Waals surface area contributed by atoms with E-state index in [1.165, 1.54) is 22.3 Å². The predicted octanol–water partition coefficient (Wildman–Crippen LogP) is 4.56. The Labute approximate surface area is 104 Å². The third-order valence-electron chi connectivity index (χ3n) is 3.48. The molecule has 0 bridgehead atoms. The molecule has 0 unspecified atom stereocenters. The lowest BCUT2D eigenvalue weighted by Crippen LogP contribution is -2.14. The van der Waals surface area contributed by atoms with E-state index in [1.807, 2.05) is 6.07 Å². The number of rotatable bonds is 0. The highest BCUT2D eigenvalue weighted by Crippen LogP contribution is 2.48. The lowest BCUT2D eigenvalue weighted by molar-refractivity contribution is 0.660. The van der Waals surface area contributed by atoms with Crippen molar-refractivity contribution < 1.29 is 0 Å². The van der Waals surface area contributed by atoms with Crippen LogP contribution in [0.1, 0.15) is 25.0 Å². The maximum Gasteiger partial charge on any atom is 0.0178 e. The molecule has 1 radical (unpaired) electrons.